The maximum Gasteiger partial charge on any atom is 0.0785 e. The van der Waals surface area contributed by atoms with E-state index in [0.29, 0.717) is 5.75 Å². The molecule has 0 aliphatic rings. The Morgan fingerprint density at radius 1 is 1.27 bits per heavy atom. The summed E-state index contributed by atoms with van der Waals surface area (Å²) in [7, 11) is -0.620. The van der Waals surface area contributed by atoms with E-state index in [1.54, 1.807) is 7.05 Å². The summed E-state index contributed by atoms with van der Waals surface area (Å²) < 4.78 is 16.5. The third kappa shape index (κ3) is 3.20. The van der Waals surface area contributed by atoms with E-state index in [9.17, 15) is 4.21 Å². The molecular weight excluding hydrogens is 206 g/mol. The molecule has 0 saturated carbocycles. The van der Waals surface area contributed by atoms with Crippen molar-refractivity contribution in [3.63, 3.8) is 0 Å². The van der Waals surface area contributed by atoms with Gasteiger partial charge in [0, 0.05) is 11.9 Å². The summed E-state index contributed by atoms with van der Waals surface area (Å²) >= 11 is 0. The minimum absolute atomic E-state index is 0.501. The second-order valence-corrected chi connectivity index (χ2v) is 5.63. The fraction of sp³-hybridized carbons (Fsp3) is 0.333. The van der Waals surface area contributed by atoms with E-state index in [0.717, 1.165) is 11.3 Å². The van der Waals surface area contributed by atoms with Crippen LogP contribution in [0.5, 0.6) is 0 Å². The van der Waals surface area contributed by atoms with Crippen molar-refractivity contribution in [1.29, 1.82) is 0 Å². The summed E-state index contributed by atoms with van der Waals surface area (Å²) in [5.41, 5.74) is 0. The first kappa shape index (κ1) is 12.0. The molecule has 0 aliphatic heterocycles. The molecule has 0 radical (unpaired) electrons. The maximum atomic E-state index is 12.4. The molecule has 0 saturated heterocycles. The molecule has 1 aromatic carbocycles. The van der Waals surface area contributed by atoms with Gasteiger partial charge in [-0.25, -0.2) is 8.57 Å². The van der Waals surface area contributed by atoms with Crippen LogP contribution >= 0.6 is 0 Å². The molecule has 0 unspecified atom stereocenters. The molecule has 15 heavy (non-hydrogen) atoms. The van der Waals surface area contributed by atoms with E-state index in [4.69, 9.17) is 0 Å². The molecule has 0 heterocycles. The lowest BCUT2D eigenvalue weighted by atomic mass is 10.4. The molecule has 2 nitrogen and oxygen atoms in total. The lowest BCUT2D eigenvalue weighted by Gasteiger charge is -2.06. The molecule has 0 N–H and O–H groups in total. The molecule has 82 valence electrons. The van der Waals surface area contributed by atoms with Gasteiger partial charge in [0.2, 0.25) is 0 Å². The molecule has 0 fully saturated rings. The van der Waals surface area contributed by atoms with Gasteiger partial charge >= 0.3 is 0 Å². The van der Waals surface area contributed by atoms with Gasteiger partial charge in [-0.05, 0) is 18.6 Å². The quantitative estimate of drug-likeness (QED) is 0.721. The Kier molecular flexibility index (Phi) is 4.56. The van der Waals surface area contributed by atoms with Crippen molar-refractivity contribution in [2.75, 3.05) is 12.8 Å². The van der Waals surface area contributed by atoms with Gasteiger partial charge in [0.15, 0.2) is 0 Å². The maximum absolute atomic E-state index is 12.4. The average molecular weight is 223 g/mol. The fourth-order valence-corrected chi connectivity index (χ4v) is 2.81. The Morgan fingerprint density at radius 3 is 2.47 bits per heavy atom. The first-order chi connectivity index (χ1) is 7.23. The normalized spacial score (nSPS) is 15.1. The van der Waals surface area contributed by atoms with Gasteiger partial charge in [0.25, 0.3) is 0 Å². The van der Waals surface area contributed by atoms with Crippen molar-refractivity contribution in [2.24, 2.45) is 4.36 Å². The molecule has 0 spiro atoms. The summed E-state index contributed by atoms with van der Waals surface area (Å²) in [5.74, 6) is 0.501. The van der Waals surface area contributed by atoms with E-state index in [2.05, 4.69) is 11.3 Å². The molecule has 0 amide bonds. The highest BCUT2D eigenvalue weighted by Gasteiger charge is 2.08. The smallest absolute Gasteiger partial charge is 0.0785 e. The van der Waals surface area contributed by atoms with Crippen molar-refractivity contribution in [2.45, 2.75) is 18.2 Å². The van der Waals surface area contributed by atoms with Crippen LogP contribution in [0.15, 0.2) is 51.7 Å². The molecule has 0 aliphatic carbocycles. The lowest BCUT2D eigenvalue weighted by Crippen LogP contribution is -2.04. The highest BCUT2D eigenvalue weighted by atomic mass is 32.2. The van der Waals surface area contributed by atoms with Crippen LogP contribution in [0.25, 0.3) is 0 Å². The molecule has 1 rings (SSSR count). The number of rotatable bonds is 4. The number of hydrogen-bond donors (Lipinski definition) is 0. The number of nitrogens with zero attached hydrogens (tertiary/aromatic N) is 1. The van der Waals surface area contributed by atoms with Crippen molar-refractivity contribution >= 4 is 9.73 Å². The summed E-state index contributed by atoms with van der Waals surface area (Å²) in [6, 6.07) is 9.44. The van der Waals surface area contributed by atoms with E-state index in [1.165, 1.54) is 0 Å². The van der Waals surface area contributed by atoms with Crippen LogP contribution < -0.4 is 0 Å². The van der Waals surface area contributed by atoms with E-state index < -0.39 is 9.73 Å². The van der Waals surface area contributed by atoms with Crippen LogP contribution in [0.1, 0.15) is 13.3 Å². The minimum Gasteiger partial charge on any atom is -0.244 e. The topological polar surface area (TPSA) is 29.4 Å². The highest BCUT2D eigenvalue weighted by Crippen LogP contribution is 2.13. The summed E-state index contributed by atoms with van der Waals surface area (Å²) in [6.07, 6.45) is 4.93. The first-order valence-corrected chi connectivity index (χ1v) is 6.74. The van der Waals surface area contributed by atoms with Gasteiger partial charge in [-0.15, -0.1) is 0 Å². The lowest BCUT2D eigenvalue weighted by molar-refractivity contribution is 0.678. The summed E-state index contributed by atoms with van der Waals surface area (Å²) in [4.78, 5) is 0.813. The zero-order valence-electron chi connectivity index (χ0n) is 9.22. The van der Waals surface area contributed by atoms with E-state index >= 15 is 0 Å². The number of allylic oxidation sites excluding steroid dienone is 1. The predicted octanol–water partition coefficient (Wildman–Crippen LogP) is 3.11. The van der Waals surface area contributed by atoms with Crippen LogP contribution in [0, 0.1) is 0 Å². The SMILES string of the molecule is CC/C=C\C[S@](=O)(=NC)c1ccccc1. The number of hydrogen-bond acceptors (Lipinski definition) is 2. The minimum atomic E-state index is -2.24. The Hall–Kier alpha value is -1.09. The van der Waals surface area contributed by atoms with E-state index in [-0.39, 0.29) is 0 Å². The first-order valence-electron chi connectivity index (χ1n) is 5.06. The van der Waals surface area contributed by atoms with Crippen molar-refractivity contribution in [3.05, 3.63) is 42.5 Å². The molecule has 3 heteroatoms. The average Bonchev–Trinajstić information content (AvgIpc) is 2.30. The fourth-order valence-electron chi connectivity index (χ4n) is 1.27. The molecule has 1 aromatic rings. The van der Waals surface area contributed by atoms with Gasteiger partial charge in [0.1, 0.15) is 0 Å². The van der Waals surface area contributed by atoms with Gasteiger partial charge in [0.05, 0.1) is 15.5 Å². The molecule has 1 atom stereocenters. The predicted molar refractivity (Wildman–Crippen MR) is 65.5 cm³/mol. The second-order valence-electron chi connectivity index (χ2n) is 3.18. The van der Waals surface area contributed by atoms with Crippen molar-refractivity contribution in [1.82, 2.24) is 0 Å². The van der Waals surface area contributed by atoms with Gasteiger partial charge in [-0.2, -0.15) is 0 Å². The Labute approximate surface area is 92.2 Å². The van der Waals surface area contributed by atoms with Gasteiger partial charge in [-0.3, -0.25) is 0 Å². The largest absolute Gasteiger partial charge is 0.244 e. The molecule has 0 bridgehead atoms. The van der Waals surface area contributed by atoms with Crippen molar-refractivity contribution in [3.8, 4) is 0 Å². The van der Waals surface area contributed by atoms with Gasteiger partial charge in [-0.1, -0.05) is 37.3 Å². The third-order valence-electron chi connectivity index (χ3n) is 2.13. The van der Waals surface area contributed by atoms with E-state index in [1.807, 2.05) is 42.5 Å². The molecular formula is C12H17NOS. The van der Waals surface area contributed by atoms with Crippen LogP contribution in [0.3, 0.4) is 0 Å². The van der Waals surface area contributed by atoms with Crippen LogP contribution in [-0.4, -0.2) is 17.0 Å². The second kappa shape index (κ2) is 5.71. The standard InChI is InChI=1S/C12H17NOS/c1-3-4-8-11-15(14,13-2)12-9-6-5-7-10-12/h4-10H,3,11H2,1-2H3/b8-4-/t15-/m1/s1. The number of benzene rings is 1. The van der Waals surface area contributed by atoms with Gasteiger partial charge < -0.3 is 0 Å². The zero-order valence-corrected chi connectivity index (χ0v) is 10.0. The van der Waals surface area contributed by atoms with Crippen LogP contribution in [0.4, 0.5) is 0 Å². The zero-order chi connectivity index (χ0) is 11.1. The monoisotopic (exact) mass is 223 g/mol. The third-order valence-corrected chi connectivity index (χ3v) is 4.37. The highest BCUT2D eigenvalue weighted by molar-refractivity contribution is 7.93. The van der Waals surface area contributed by atoms with Crippen LogP contribution in [0.2, 0.25) is 0 Å². The Morgan fingerprint density at radius 2 is 1.93 bits per heavy atom. The molecule has 0 aromatic heterocycles. The Bertz CT molecular complexity index is 428. The Balaban J connectivity index is 2.98. The summed E-state index contributed by atoms with van der Waals surface area (Å²) in [5, 5.41) is 0. The summed E-state index contributed by atoms with van der Waals surface area (Å²) in [6.45, 7) is 2.06. The van der Waals surface area contributed by atoms with Crippen LogP contribution in [-0.2, 0) is 9.73 Å². The van der Waals surface area contributed by atoms with Crippen molar-refractivity contribution < 1.29 is 4.21 Å².